The zero-order valence-electron chi connectivity index (χ0n) is 16.3. The number of nitrogens with zero attached hydrogens (tertiary/aromatic N) is 4. The van der Waals surface area contributed by atoms with Crippen molar-refractivity contribution in [3.8, 4) is 11.3 Å². The normalized spacial score (nSPS) is 11.9. The molecule has 1 N–H and O–H groups in total. The van der Waals surface area contributed by atoms with Gasteiger partial charge in [0.2, 0.25) is 5.95 Å². The monoisotopic (exact) mass is 443 g/mol. The standard InChI is InChI=1S/C19H18F5N5S/c1-4-30-11-5-6-14(10(2)7-11)27-18-25-9-13(19(22,23)24)15(28-18)12-8-26-29(3)16(12)17(20)21/h5-9,17H,4H2,1-3H3,(H,25,27,28). The van der Waals surface area contributed by atoms with Gasteiger partial charge in [0, 0.05) is 29.4 Å². The summed E-state index contributed by atoms with van der Waals surface area (Å²) in [6.07, 6.45) is -6.31. The Kier molecular flexibility index (Phi) is 6.30. The molecule has 0 radical (unpaired) electrons. The Hall–Kier alpha value is -2.69. The van der Waals surface area contributed by atoms with Gasteiger partial charge in [0.15, 0.2) is 0 Å². The molecule has 160 valence electrons. The second-order valence-corrected chi connectivity index (χ2v) is 7.69. The van der Waals surface area contributed by atoms with Crippen LogP contribution in [0.4, 0.5) is 33.6 Å². The third-order valence-electron chi connectivity index (χ3n) is 4.30. The van der Waals surface area contributed by atoms with Crippen LogP contribution in [0.25, 0.3) is 11.3 Å². The van der Waals surface area contributed by atoms with E-state index in [1.54, 1.807) is 17.8 Å². The molecule has 11 heteroatoms. The van der Waals surface area contributed by atoms with Crippen molar-refractivity contribution in [3.63, 3.8) is 0 Å². The van der Waals surface area contributed by atoms with Crippen LogP contribution in [0.5, 0.6) is 0 Å². The molecule has 0 fully saturated rings. The Balaban J connectivity index is 2.07. The van der Waals surface area contributed by atoms with E-state index >= 15 is 0 Å². The summed E-state index contributed by atoms with van der Waals surface area (Å²) in [4.78, 5) is 8.72. The molecule has 0 saturated heterocycles. The number of alkyl halides is 5. The second kappa shape index (κ2) is 8.58. The molecule has 2 aromatic heterocycles. The minimum atomic E-state index is -4.82. The van der Waals surface area contributed by atoms with E-state index in [1.807, 2.05) is 26.0 Å². The number of anilines is 2. The van der Waals surface area contributed by atoms with Gasteiger partial charge in [-0.25, -0.2) is 18.7 Å². The molecule has 0 unspecified atom stereocenters. The van der Waals surface area contributed by atoms with E-state index in [0.29, 0.717) is 11.9 Å². The lowest BCUT2D eigenvalue weighted by molar-refractivity contribution is -0.137. The van der Waals surface area contributed by atoms with Gasteiger partial charge in [0.1, 0.15) is 11.3 Å². The summed E-state index contributed by atoms with van der Waals surface area (Å²) in [7, 11) is 1.23. The van der Waals surface area contributed by atoms with Gasteiger partial charge in [-0.05, 0) is 36.4 Å². The first kappa shape index (κ1) is 22.0. The summed E-state index contributed by atoms with van der Waals surface area (Å²) in [6, 6.07) is 5.56. The predicted octanol–water partition coefficient (Wildman–Crippen LogP) is 6.00. The van der Waals surface area contributed by atoms with Crippen LogP contribution in [-0.4, -0.2) is 25.5 Å². The third kappa shape index (κ3) is 4.55. The zero-order chi connectivity index (χ0) is 22.1. The number of aryl methyl sites for hydroxylation is 2. The lowest BCUT2D eigenvalue weighted by Crippen LogP contribution is -2.12. The van der Waals surface area contributed by atoms with Crippen LogP contribution >= 0.6 is 11.8 Å². The van der Waals surface area contributed by atoms with Crippen LogP contribution in [0.3, 0.4) is 0 Å². The largest absolute Gasteiger partial charge is 0.419 e. The lowest BCUT2D eigenvalue weighted by atomic mass is 10.1. The molecule has 3 aromatic rings. The summed E-state index contributed by atoms with van der Waals surface area (Å²) in [5.74, 6) is 0.760. The number of thioether (sulfide) groups is 1. The van der Waals surface area contributed by atoms with Crippen LogP contribution in [-0.2, 0) is 13.2 Å². The molecular formula is C19H18F5N5S. The number of hydrogen-bond acceptors (Lipinski definition) is 5. The minimum Gasteiger partial charge on any atom is -0.324 e. The molecule has 0 aliphatic carbocycles. The van der Waals surface area contributed by atoms with E-state index in [9.17, 15) is 22.0 Å². The lowest BCUT2D eigenvalue weighted by Gasteiger charge is -2.15. The Morgan fingerprint density at radius 3 is 2.53 bits per heavy atom. The van der Waals surface area contributed by atoms with Crippen molar-refractivity contribution < 1.29 is 22.0 Å². The maximum absolute atomic E-state index is 13.5. The first-order valence-electron chi connectivity index (χ1n) is 8.87. The molecule has 0 spiro atoms. The molecular weight excluding hydrogens is 425 g/mol. The number of hydrogen-bond donors (Lipinski definition) is 1. The van der Waals surface area contributed by atoms with E-state index in [0.717, 1.165) is 27.1 Å². The number of nitrogens with one attached hydrogen (secondary N) is 1. The van der Waals surface area contributed by atoms with Gasteiger partial charge < -0.3 is 5.32 Å². The zero-order valence-corrected chi connectivity index (χ0v) is 17.1. The highest BCUT2D eigenvalue weighted by Crippen LogP contribution is 2.39. The molecule has 5 nitrogen and oxygen atoms in total. The van der Waals surface area contributed by atoms with E-state index < -0.39 is 35.1 Å². The maximum Gasteiger partial charge on any atom is 0.419 e. The molecule has 0 aliphatic heterocycles. The van der Waals surface area contributed by atoms with Crippen molar-refractivity contribution >= 4 is 23.4 Å². The van der Waals surface area contributed by atoms with Crippen LogP contribution in [0.15, 0.2) is 35.5 Å². The summed E-state index contributed by atoms with van der Waals surface area (Å²) < 4.78 is 68.2. The summed E-state index contributed by atoms with van der Waals surface area (Å²) in [5.41, 5.74) is -1.47. The van der Waals surface area contributed by atoms with E-state index in [2.05, 4.69) is 20.4 Å². The van der Waals surface area contributed by atoms with Gasteiger partial charge in [-0.2, -0.15) is 18.3 Å². The van der Waals surface area contributed by atoms with Gasteiger partial charge in [-0.15, -0.1) is 11.8 Å². The van der Waals surface area contributed by atoms with Gasteiger partial charge >= 0.3 is 6.18 Å². The number of rotatable bonds is 6. The minimum absolute atomic E-state index is 0.138. The number of benzene rings is 1. The van der Waals surface area contributed by atoms with E-state index in [4.69, 9.17) is 0 Å². The van der Waals surface area contributed by atoms with Crippen LogP contribution in [0, 0.1) is 6.92 Å². The molecule has 1 aromatic carbocycles. The summed E-state index contributed by atoms with van der Waals surface area (Å²) >= 11 is 1.65. The SMILES string of the molecule is CCSc1ccc(Nc2ncc(C(F)(F)F)c(-c3cnn(C)c3C(F)F)n2)c(C)c1. The fourth-order valence-corrected chi connectivity index (χ4v) is 3.65. The van der Waals surface area contributed by atoms with Crippen molar-refractivity contribution in [1.82, 2.24) is 19.7 Å². The topological polar surface area (TPSA) is 55.6 Å². The smallest absolute Gasteiger partial charge is 0.324 e. The predicted molar refractivity (Wildman–Crippen MR) is 105 cm³/mol. The molecule has 0 amide bonds. The first-order valence-corrected chi connectivity index (χ1v) is 9.85. The highest BCUT2D eigenvalue weighted by molar-refractivity contribution is 7.99. The fourth-order valence-electron chi connectivity index (χ4n) is 2.90. The summed E-state index contributed by atoms with van der Waals surface area (Å²) in [6.45, 7) is 3.86. The highest BCUT2D eigenvalue weighted by atomic mass is 32.2. The van der Waals surface area contributed by atoms with Crippen molar-refractivity contribution in [2.45, 2.75) is 31.3 Å². The fraction of sp³-hybridized carbons (Fsp3) is 0.316. The van der Waals surface area contributed by atoms with Crippen molar-refractivity contribution in [1.29, 1.82) is 0 Å². The molecule has 0 saturated carbocycles. The Labute approximate surface area is 173 Å². The average molecular weight is 443 g/mol. The first-order chi connectivity index (χ1) is 14.1. The summed E-state index contributed by atoms with van der Waals surface area (Å²) in [5, 5.41) is 6.55. The van der Waals surface area contributed by atoms with Crippen LogP contribution < -0.4 is 5.32 Å². The van der Waals surface area contributed by atoms with Crippen molar-refractivity contribution in [3.05, 3.63) is 47.4 Å². The van der Waals surface area contributed by atoms with Crippen molar-refractivity contribution in [2.75, 3.05) is 11.1 Å². The average Bonchev–Trinajstić information content (AvgIpc) is 3.05. The maximum atomic E-state index is 13.5. The van der Waals surface area contributed by atoms with Gasteiger partial charge in [-0.1, -0.05) is 6.92 Å². The van der Waals surface area contributed by atoms with Gasteiger partial charge in [0.05, 0.1) is 11.9 Å². The molecule has 30 heavy (non-hydrogen) atoms. The van der Waals surface area contributed by atoms with Gasteiger partial charge in [-0.3, -0.25) is 4.68 Å². The van der Waals surface area contributed by atoms with E-state index in [-0.39, 0.29) is 5.95 Å². The Morgan fingerprint density at radius 1 is 1.20 bits per heavy atom. The number of aromatic nitrogens is 4. The highest BCUT2D eigenvalue weighted by Gasteiger charge is 2.37. The van der Waals surface area contributed by atoms with Crippen molar-refractivity contribution in [2.24, 2.45) is 7.05 Å². The van der Waals surface area contributed by atoms with E-state index in [1.165, 1.54) is 7.05 Å². The third-order valence-corrected chi connectivity index (χ3v) is 5.17. The Morgan fingerprint density at radius 2 is 1.93 bits per heavy atom. The quantitative estimate of drug-likeness (QED) is 0.374. The number of halogens is 5. The molecule has 0 aliphatic rings. The molecule has 3 rings (SSSR count). The second-order valence-electron chi connectivity index (χ2n) is 6.36. The molecule has 2 heterocycles. The molecule has 0 atom stereocenters. The van der Waals surface area contributed by atoms with Crippen LogP contribution in [0.1, 0.15) is 30.2 Å². The van der Waals surface area contributed by atoms with Gasteiger partial charge in [0.25, 0.3) is 6.43 Å². The Bertz CT molecular complexity index is 1050. The molecule has 0 bridgehead atoms. The van der Waals surface area contributed by atoms with Crippen LogP contribution in [0.2, 0.25) is 0 Å².